The first-order chi connectivity index (χ1) is 8.11. The van der Waals surface area contributed by atoms with Gasteiger partial charge in [0.05, 0.1) is 24.6 Å². The van der Waals surface area contributed by atoms with Gasteiger partial charge in [0, 0.05) is 12.7 Å². The summed E-state index contributed by atoms with van der Waals surface area (Å²) in [5.41, 5.74) is 2.39. The zero-order chi connectivity index (χ0) is 12.4. The van der Waals surface area contributed by atoms with Crippen molar-refractivity contribution >= 4 is 11.6 Å². The standard InChI is InChI=1S/C12H15N3O2/c1-14(2)8-10-6-13-11-5-4-9(7-15(10)11)12(16)17-3/h4-7H,8H2,1-3H3. The number of pyridine rings is 1. The highest BCUT2D eigenvalue weighted by atomic mass is 16.5. The van der Waals surface area contributed by atoms with Crippen LogP contribution in [0.15, 0.2) is 24.5 Å². The summed E-state index contributed by atoms with van der Waals surface area (Å²) in [4.78, 5) is 17.8. The number of hydrogen-bond acceptors (Lipinski definition) is 4. The minimum absolute atomic E-state index is 0.337. The molecule has 0 fully saturated rings. The summed E-state index contributed by atoms with van der Waals surface area (Å²) in [5, 5.41) is 0. The van der Waals surface area contributed by atoms with Crippen LogP contribution >= 0.6 is 0 Å². The molecule has 2 heterocycles. The number of methoxy groups -OCH3 is 1. The molecule has 0 saturated heterocycles. The molecule has 0 saturated carbocycles. The molecule has 0 aliphatic carbocycles. The SMILES string of the molecule is COC(=O)c1ccc2ncc(CN(C)C)n2c1. The van der Waals surface area contributed by atoms with Crippen molar-refractivity contribution in [1.29, 1.82) is 0 Å². The van der Waals surface area contributed by atoms with Crippen molar-refractivity contribution in [3.8, 4) is 0 Å². The maximum absolute atomic E-state index is 11.4. The summed E-state index contributed by atoms with van der Waals surface area (Å²) in [6, 6.07) is 3.53. The van der Waals surface area contributed by atoms with Gasteiger partial charge in [-0.25, -0.2) is 9.78 Å². The van der Waals surface area contributed by atoms with Crippen LogP contribution in [0.2, 0.25) is 0 Å². The van der Waals surface area contributed by atoms with Gasteiger partial charge in [-0.2, -0.15) is 0 Å². The van der Waals surface area contributed by atoms with E-state index in [0.29, 0.717) is 5.56 Å². The zero-order valence-corrected chi connectivity index (χ0v) is 10.2. The summed E-state index contributed by atoms with van der Waals surface area (Å²) in [6.45, 7) is 0.770. The largest absolute Gasteiger partial charge is 0.465 e. The zero-order valence-electron chi connectivity index (χ0n) is 10.2. The number of carbonyl (C=O) groups excluding carboxylic acids is 1. The Balaban J connectivity index is 2.46. The molecule has 0 bridgehead atoms. The van der Waals surface area contributed by atoms with Gasteiger partial charge < -0.3 is 14.0 Å². The van der Waals surface area contributed by atoms with Gasteiger partial charge >= 0.3 is 5.97 Å². The van der Waals surface area contributed by atoms with E-state index in [9.17, 15) is 4.79 Å². The number of imidazole rings is 1. The first-order valence-corrected chi connectivity index (χ1v) is 5.31. The van der Waals surface area contributed by atoms with E-state index in [0.717, 1.165) is 17.9 Å². The van der Waals surface area contributed by atoms with Crippen molar-refractivity contribution in [3.63, 3.8) is 0 Å². The molecule has 5 heteroatoms. The maximum Gasteiger partial charge on any atom is 0.339 e. The molecule has 90 valence electrons. The van der Waals surface area contributed by atoms with Crippen molar-refractivity contribution in [2.45, 2.75) is 6.54 Å². The Morgan fingerprint density at radius 3 is 2.88 bits per heavy atom. The molecular formula is C12H15N3O2. The summed E-state index contributed by atoms with van der Waals surface area (Å²) in [5.74, 6) is -0.337. The Labute approximate surface area is 99.6 Å². The predicted octanol–water partition coefficient (Wildman–Crippen LogP) is 1.18. The van der Waals surface area contributed by atoms with Crippen LogP contribution in [0.4, 0.5) is 0 Å². The fourth-order valence-electron chi connectivity index (χ4n) is 1.71. The first kappa shape index (κ1) is 11.6. The normalized spacial score (nSPS) is 11.1. The number of aromatic nitrogens is 2. The minimum atomic E-state index is -0.337. The molecule has 0 atom stereocenters. The highest BCUT2D eigenvalue weighted by molar-refractivity contribution is 5.89. The smallest absolute Gasteiger partial charge is 0.339 e. The molecule has 17 heavy (non-hydrogen) atoms. The van der Waals surface area contributed by atoms with Crippen LogP contribution in [0.1, 0.15) is 16.1 Å². The van der Waals surface area contributed by atoms with Gasteiger partial charge in [-0.05, 0) is 26.2 Å². The van der Waals surface area contributed by atoms with E-state index >= 15 is 0 Å². The van der Waals surface area contributed by atoms with E-state index in [2.05, 4.69) is 4.98 Å². The van der Waals surface area contributed by atoms with E-state index in [4.69, 9.17) is 4.74 Å². The highest BCUT2D eigenvalue weighted by Gasteiger charge is 2.09. The molecule has 0 radical (unpaired) electrons. The number of carbonyl (C=O) groups is 1. The Morgan fingerprint density at radius 1 is 1.47 bits per heavy atom. The molecular weight excluding hydrogens is 218 g/mol. The molecule has 0 aliphatic rings. The molecule has 0 amide bonds. The van der Waals surface area contributed by atoms with Gasteiger partial charge in [-0.15, -0.1) is 0 Å². The van der Waals surface area contributed by atoms with Gasteiger partial charge in [0.2, 0.25) is 0 Å². The molecule has 2 aromatic rings. The van der Waals surface area contributed by atoms with Gasteiger partial charge in [0.15, 0.2) is 0 Å². The Kier molecular flexibility index (Phi) is 3.10. The summed E-state index contributed by atoms with van der Waals surface area (Å²) in [7, 11) is 5.36. The summed E-state index contributed by atoms with van der Waals surface area (Å²) in [6.07, 6.45) is 3.57. The number of rotatable bonds is 3. The van der Waals surface area contributed by atoms with Gasteiger partial charge in [-0.3, -0.25) is 0 Å². The number of hydrogen-bond donors (Lipinski definition) is 0. The number of esters is 1. The predicted molar refractivity (Wildman–Crippen MR) is 63.9 cm³/mol. The quantitative estimate of drug-likeness (QED) is 0.747. The molecule has 0 spiro atoms. The molecule has 2 rings (SSSR count). The first-order valence-electron chi connectivity index (χ1n) is 5.31. The molecule has 0 unspecified atom stereocenters. The lowest BCUT2D eigenvalue weighted by Crippen LogP contribution is -2.12. The van der Waals surface area contributed by atoms with Crippen LogP contribution in [0.3, 0.4) is 0 Å². The van der Waals surface area contributed by atoms with Gasteiger partial charge in [0.25, 0.3) is 0 Å². The van der Waals surface area contributed by atoms with Crippen LogP contribution in [-0.2, 0) is 11.3 Å². The fraction of sp³-hybridized carbons (Fsp3) is 0.333. The number of ether oxygens (including phenoxy) is 1. The summed E-state index contributed by atoms with van der Waals surface area (Å²) < 4.78 is 6.61. The second kappa shape index (κ2) is 4.55. The third-order valence-corrected chi connectivity index (χ3v) is 2.48. The van der Waals surface area contributed by atoms with Crippen LogP contribution in [0, 0.1) is 0 Å². The number of fused-ring (bicyclic) bond motifs is 1. The van der Waals surface area contributed by atoms with Crippen molar-refractivity contribution in [2.24, 2.45) is 0 Å². The Hall–Kier alpha value is -1.88. The average Bonchev–Trinajstić information content (AvgIpc) is 2.70. The van der Waals surface area contributed by atoms with Crippen molar-refractivity contribution < 1.29 is 9.53 Å². The minimum Gasteiger partial charge on any atom is -0.465 e. The maximum atomic E-state index is 11.4. The summed E-state index contributed by atoms with van der Waals surface area (Å²) >= 11 is 0. The lowest BCUT2D eigenvalue weighted by Gasteiger charge is -2.09. The van der Waals surface area contributed by atoms with E-state index in [1.165, 1.54) is 7.11 Å². The molecule has 2 aromatic heterocycles. The van der Waals surface area contributed by atoms with Crippen LogP contribution in [0.25, 0.3) is 5.65 Å². The second-order valence-corrected chi connectivity index (χ2v) is 4.12. The van der Waals surface area contributed by atoms with Gasteiger partial charge in [-0.1, -0.05) is 0 Å². The monoisotopic (exact) mass is 233 g/mol. The Morgan fingerprint density at radius 2 is 2.24 bits per heavy atom. The van der Waals surface area contributed by atoms with E-state index in [-0.39, 0.29) is 5.97 Å². The number of nitrogens with zero attached hydrogens (tertiary/aromatic N) is 3. The van der Waals surface area contributed by atoms with Crippen molar-refractivity contribution in [3.05, 3.63) is 35.8 Å². The van der Waals surface area contributed by atoms with Crippen molar-refractivity contribution in [2.75, 3.05) is 21.2 Å². The van der Waals surface area contributed by atoms with E-state index < -0.39 is 0 Å². The lowest BCUT2D eigenvalue weighted by molar-refractivity contribution is 0.0600. The topological polar surface area (TPSA) is 46.8 Å². The lowest BCUT2D eigenvalue weighted by atomic mass is 10.3. The van der Waals surface area contributed by atoms with Gasteiger partial charge in [0.1, 0.15) is 5.65 Å². The van der Waals surface area contributed by atoms with Crippen LogP contribution in [0.5, 0.6) is 0 Å². The van der Waals surface area contributed by atoms with E-state index in [1.807, 2.05) is 35.7 Å². The third kappa shape index (κ3) is 2.29. The molecule has 5 nitrogen and oxygen atoms in total. The molecule has 0 N–H and O–H groups in total. The van der Waals surface area contributed by atoms with Crippen molar-refractivity contribution in [1.82, 2.24) is 14.3 Å². The van der Waals surface area contributed by atoms with Crippen LogP contribution in [-0.4, -0.2) is 41.5 Å². The van der Waals surface area contributed by atoms with E-state index in [1.54, 1.807) is 12.3 Å². The molecule has 0 aliphatic heterocycles. The Bertz CT molecular complexity index is 546. The molecule has 0 aromatic carbocycles. The fourth-order valence-corrected chi connectivity index (χ4v) is 1.71. The average molecular weight is 233 g/mol. The van der Waals surface area contributed by atoms with Crippen LogP contribution < -0.4 is 0 Å². The highest BCUT2D eigenvalue weighted by Crippen LogP contribution is 2.11. The second-order valence-electron chi connectivity index (χ2n) is 4.12. The third-order valence-electron chi connectivity index (χ3n) is 2.48.